The summed E-state index contributed by atoms with van der Waals surface area (Å²) in [5, 5.41) is 9.58. The van der Waals surface area contributed by atoms with E-state index in [4.69, 9.17) is 19.7 Å². The van der Waals surface area contributed by atoms with Gasteiger partial charge in [0.05, 0.1) is 12.5 Å². The molecular formula is C10H24NO5P. The third-order valence-electron chi connectivity index (χ3n) is 2.04. The summed E-state index contributed by atoms with van der Waals surface area (Å²) in [6.45, 7) is 6.03. The molecule has 7 heteroatoms. The van der Waals surface area contributed by atoms with Crippen LogP contribution in [0.3, 0.4) is 0 Å². The van der Waals surface area contributed by atoms with Gasteiger partial charge in [0.1, 0.15) is 0 Å². The average molecular weight is 269 g/mol. The highest BCUT2D eigenvalue weighted by Gasteiger charge is 2.37. The fourth-order valence-corrected chi connectivity index (χ4v) is 2.01. The molecular weight excluding hydrogens is 245 g/mol. The zero-order chi connectivity index (χ0) is 13.3. The summed E-state index contributed by atoms with van der Waals surface area (Å²) in [4.78, 5) is 0. The van der Waals surface area contributed by atoms with Gasteiger partial charge in [0.25, 0.3) is 5.97 Å². The molecule has 0 spiro atoms. The number of hydrogen-bond donors (Lipinski definition) is 2. The van der Waals surface area contributed by atoms with Crippen molar-refractivity contribution in [1.82, 2.24) is 0 Å². The quantitative estimate of drug-likeness (QED) is 0.453. The SMILES string of the molecule is CCOC(CC(O)CN)(OCC)O[PH](=O)CC. The van der Waals surface area contributed by atoms with Crippen molar-refractivity contribution in [2.45, 2.75) is 39.3 Å². The van der Waals surface area contributed by atoms with E-state index in [0.717, 1.165) is 0 Å². The summed E-state index contributed by atoms with van der Waals surface area (Å²) >= 11 is 0. The Kier molecular flexibility index (Phi) is 9.04. The van der Waals surface area contributed by atoms with Crippen LogP contribution >= 0.6 is 8.03 Å². The number of aliphatic hydroxyl groups is 1. The molecule has 6 nitrogen and oxygen atoms in total. The van der Waals surface area contributed by atoms with E-state index >= 15 is 0 Å². The Morgan fingerprint density at radius 3 is 2.18 bits per heavy atom. The van der Waals surface area contributed by atoms with E-state index in [2.05, 4.69) is 0 Å². The van der Waals surface area contributed by atoms with Crippen LogP contribution in [0.4, 0.5) is 0 Å². The van der Waals surface area contributed by atoms with E-state index in [1.165, 1.54) is 0 Å². The highest BCUT2D eigenvalue weighted by Crippen LogP contribution is 2.34. The van der Waals surface area contributed by atoms with Crippen molar-refractivity contribution in [2.75, 3.05) is 25.9 Å². The molecule has 0 aromatic heterocycles. The van der Waals surface area contributed by atoms with E-state index in [-0.39, 0.29) is 13.0 Å². The molecule has 0 aliphatic carbocycles. The number of ether oxygens (including phenoxy) is 2. The Labute approximate surface area is 103 Å². The van der Waals surface area contributed by atoms with Gasteiger partial charge in [-0.2, -0.15) is 0 Å². The molecule has 17 heavy (non-hydrogen) atoms. The first kappa shape index (κ1) is 17.0. The number of hydrogen-bond acceptors (Lipinski definition) is 6. The molecule has 0 fully saturated rings. The van der Waals surface area contributed by atoms with Crippen molar-refractivity contribution in [3.8, 4) is 0 Å². The predicted octanol–water partition coefficient (Wildman–Crippen LogP) is 0.934. The van der Waals surface area contributed by atoms with Crippen LogP contribution in [0.5, 0.6) is 0 Å². The van der Waals surface area contributed by atoms with Gasteiger partial charge in [-0.15, -0.1) is 0 Å². The summed E-state index contributed by atoms with van der Waals surface area (Å²) in [5.41, 5.74) is 5.35. The van der Waals surface area contributed by atoms with E-state index < -0.39 is 20.1 Å². The van der Waals surface area contributed by atoms with Crippen molar-refractivity contribution in [3.63, 3.8) is 0 Å². The molecule has 0 saturated heterocycles. The van der Waals surface area contributed by atoms with E-state index in [1.807, 2.05) is 0 Å². The Morgan fingerprint density at radius 1 is 1.29 bits per heavy atom. The van der Waals surface area contributed by atoms with Crippen LogP contribution in [0.15, 0.2) is 0 Å². The van der Waals surface area contributed by atoms with Gasteiger partial charge in [0, 0.05) is 25.9 Å². The first-order valence-corrected chi connectivity index (χ1v) is 7.43. The molecule has 0 radical (unpaired) electrons. The Morgan fingerprint density at radius 2 is 1.82 bits per heavy atom. The maximum absolute atomic E-state index is 11.5. The molecule has 0 aromatic rings. The average Bonchev–Trinajstić information content (AvgIpc) is 2.29. The maximum atomic E-state index is 11.5. The zero-order valence-electron chi connectivity index (χ0n) is 10.8. The van der Waals surface area contributed by atoms with E-state index in [9.17, 15) is 9.67 Å². The van der Waals surface area contributed by atoms with Gasteiger partial charge in [-0.25, -0.2) is 0 Å². The van der Waals surface area contributed by atoms with Crippen LogP contribution in [0.2, 0.25) is 0 Å². The summed E-state index contributed by atoms with van der Waals surface area (Å²) in [7, 11) is -2.23. The number of rotatable bonds is 10. The van der Waals surface area contributed by atoms with Crippen LogP contribution in [0, 0.1) is 0 Å². The van der Waals surface area contributed by atoms with Gasteiger partial charge in [0.2, 0.25) is 0 Å². The fourth-order valence-electron chi connectivity index (χ4n) is 1.32. The molecule has 0 saturated carbocycles. The molecule has 2 atom stereocenters. The van der Waals surface area contributed by atoms with Crippen LogP contribution in [0.25, 0.3) is 0 Å². The van der Waals surface area contributed by atoms with Crippen LogP contribution in [0.1, 0.15) is 27.2 Å². The van der Waals surface area contributed by atoms with Gasteiger partial charge >= 0.3 is 0 Å². The largest absolute Gasteiger partial charge is 0.391 e. The summed E-state index contributed by atoms with van der Waals surface area (Å²) in [5.74, 6) is -1.45. The highest BCUT2D eigenvalue weighted by atomic mass is 31.1. The van der Waals surface area contributed by atoms with Crippen molar-refractivity contribution in [3.05, 3.63) is 0 Å². The van der Waals surface area contributed by atoms with Gasteiger partial charge in [-0.1, -0.05) is 6.92 Å². The predicted molar refractivity (Wildman–Crippen MR) is 66.3 cm³/mol. The molecule has 0 aliphatic rings. The van der Waals surface area contributed by atoms with E-state index in [0.29, 0.717) is 19.4 Å². The molecule has 0 rings (SSSR count). The Hall–Kier alpha value is 0.0300. The normalized spacial score (nSPS) is 15.8. The smallest absolute Gasteiger partial charge is 0.290 e. The lowest BCUT2D eigenvalue weighted by molar-refractivity contribution is -0.348. The minimum atomic E-state index is -2.23. The third-order valence-corrected chi connectivity index (χ3v) is 3.16. The molecule has 0 heterocycles. The maximum Gasteiger partial charge on any atom is 0.290 e. The van der Waals surface area contributed by atoms with Gasteiger partial charge in [-0.3, -0.25) is 9.09 Å². The number of aliphatic hydroxyl groups excluding tert-OH is 1. The molecule has 104 valence electrons. The molecule has 0 aromatic carbocycles. The van der Waals surface area contributed by atoms with Gasteiger partial charge in [-0.05, 0) is 13.8 Å². The van der Waals surface area contributed by atoms with Crippen molar-refractivity contribution < 1.29 is 23.7 Å². The van der Waals surface area contributed by atoms with Crippen molar-refractivity contribution in [1.29, 1.82) is 0 Å². The van der Waals surface area contributed by atoms with Crippen LogP contribution in [-0.4, -0.2) is 43.1 Å². The van der Waals surface area contributed by atoms with Crippen LogP contribution < -0.4 is 5.73 Å². The Bertz CT molecular complexity index is 221. The fraction of sp³-hybridized carbons (Fsp3) is 1.00. The lowest BCUT2D eigenvalue weighted by Gasteiger charge is -2.33. The van der Waals surface area contributed by atoms with Crippen LogP contribution in [-0.2, 0) is 18.6 Å². The van der Waals surface area contributed by atoms with Gasteiger partial charge in [0.15, 0.2) is 8.03 Å². The molecule has 0 aliphatic heterocycles. The molecule has 2 unspecified atom stereocenters. The topological polar surface area (TPSA) is 91.0 Å². The Balaban J connectivity index is 4.76. The standard InChI is InChI=1S/C10H24NO5P/c1-4-14-10(15-5-2,7-9(12)8-11)16-17(13)6-3/h9,12,17H,4-8,11H2,1-3H3. The number of nitrogens with two attached hydrogens (primary N) is 1. The molecule has 0 bridgehead atoms. The second-order valence-corrected chi connectivity index (χ2v) is 5.13. The minimum absolute atomic E-state index is 0.0432. The van der Waals surface area contributed by atoms with Crippen molar-refractivity contribution >= 4 is 8.03 Å². The first-order chi connectivity index (χ1) is 8.03. The first-order valence-electron chi connectivity index (χ1n) is 5.91. The molecule has 0 amide bonds. The monoisotopic (exact) mass is 269 g/mol. The summed E-state index contributed by atoms with van der Waals surface area (Å²) < 4.78 is 27.6. The summed E-state index contributed by atoms with van der Waals surface area (Å²) in [6.07, 6.45) is -0.382. The second kappa shape index (κ2) is 9.03. The highest BCUT2D eigenvalue weighted by molar-refractivity contribution is 7.39. The summed E-state index contributed by atoms with van der Waals surface area (Å²) in [6, 6.07) is 0. The third kappa shape index (κ3) is 6.50. The minimum Gasteiger partial charge on any atom is -0.391 e. The second-order valence-electron chi connectivity index (χ2n) is 3.47. The van der Waals surface area contributed by atoms with Gasteiger partial charge < -0.3 is 20.3 Å². The lowest BCUT2D eigenvalue weighted by Crippen LogP contribution is -2.42. The lowest BCUT2D eigenvalue weighted by atomic mass is 10.2. The zero-order valence-corrected chi connectivity index (χ0v) is 11.8. The van der Waals surface area contributed by atoms with Crippen molar-refractivity contribution in [2.24, 2.45) is 5.73 Å². The molecule has 3 N–H and O–H groups in total. The van der Waals surface area contributed by atoms with E-state index in [1.54, 1.807) is 20.8 Å².